The summed E-state index contributed by atoms with van der Waals surface area (Å²) in [6.07, 6.45) is 2.73. The van der Waals surface area contributed by atoms with Gasteiger partial charge in [-0.1, -0.05) is 32.9 Å². The highest BCUT2D eigenvalue weighted by Crippen LogP contribution is 2.27. The third kappa shape index (κ3) is 4.45. The number of imidazole rings is 1. The van der Waals surface area contributed by atoms with Crippen molar-refractivity contribution in [3.63, 3.8) is 0 Å². The Hall–Kier alpha value is -3.88. The molecule has 9 nitrogen and oxygen atoms in total. The number of aryl methyl sites for hydroxylation is 1. The second-order valence-corrected chi connectivity index (χ2v) is 10.2. The van der Waals surface area contributed by atoms with Gasteiger partial charge in [0.05, 0.1) is 17.4 Å². The Morgan fingerprint density at radius 1 is 1.09 bits per heavy atom. The maximum atomic E-state index is 12.9. The standard InChI is InChI=1S/C26H30N6O3/c1-26(2,3)16-32-21-9-8-20(28-23(21)29(4)25(32)34)18-6-5-7-19(14-18)30-10-12-31(13-11-30)24(33)22-15-27-17-35-22/h5-9,14-15,17H,10-13,16H2,1-4H3. The third-order valence-corrected chi connectivity index (χ3v) is 6.33. The van der Waals surface area contributed by atoms with Gasteiger partial charge in [-0.3, -0.25) is 13.9 Å². The van der Waals surface area contributed by atoms with Gasteiger partial charge in [0.2, 0.25) is 5.76 Å². The van der Waals surface area contributed by atoms with E-state index in [1.807, 2.05) is 28.8 Å². The number of piperazine rings is 1. The van der Waals surface area contributed by atoms with Crippen molar-refractivity contribution in [3.8, 4) is 11.3 Å². The molecule has 0 bridgehead atoms. The van der Waals surface area contributed by atoms with Gasteiger partial charge in [-0.2, -0.15) is 0 Å². The lowest BCUT2D eigenvalue weighted by Crippen LogP contribution is -2.48. The number of benzene rings is 1. The van der Waals surface area contributed by atoms with E-state index < -0.39 is 0 Å². The van der Waals surface area contributed by atoms with E-state index in [1.54, 1.807) is 16.5 Å². The van der Waals surface area contributed by atoms with Gasteiger partial charge in [0.1, 0.15) is 0 Å². The largest absolute Gasteiger partial charge is 0.438 e. The van der Waals surface area contributed by atoms with Gasteiger partial charge in [0.15, 0.2) is 12.0 Å². The van der Waals surface area contributed by atoms with E-state index in [4.69, 9.17) is 9.40 Å². The maximum Gasteiger partial charge on any atom is 0.330 e. The maximum absolute atomic E-state index is 12.9. The molecule has 0 saturated carbocycles. The van der Waals surface area contributed by atoms with E-state index in [0.29, 0.717) is 25.3 Å². The van der Waals surface area contributed by atoms with Crippen LogP contribution in [-0.4, -0.2) is 56.1 Å². The Balaban J connectivity index is 1.37. The van der Waals surface area contributed by atoms with Crippen LogP contribution in [0.3, 0.4) is 0 Å². The van der Waals surface area contributed by atoms with E-state index in [1.165, 1.54) is 12.6 Å². The average Bonchev–Trinajstić information content (AvgIpc) is 3.47. The number of rotatable bonds is 4. The number of aromatic nitrogens is 4. The highest BCUT2D eigenvalue weighted by Gasteiger charge is 2.24. The molecule has 0 atom stereocenters. The Labute approximate surface area is 203 Å². The summed E-state index contributed by atoms with van der Waals surface area (Å²) >= 11 is 0. The Bertz CT molecular complexity index is 1420. The number of pyridine rings is 1. The van der Waals surface area contributed by atoms with E-state index in [-0.39, 0.29) is 22.8 Å². The van der Waals surface area contributed by atoms with Crippen LogP contribution in [0.25, 0.3) is 22.4 Å². The smallest absolute Gasteiger partial charge is 0.330 e. The van der Waals surface area contributed by atoms with Gasteiger partial charge in [-0.15, -0.1) is 0 Å². The number of carbonyl (C=O) groups excluding carboxylic acids is 1. The van der Waals surface area contributed by atoms with Crippen molar-refractivity contribution in [2.75, 3.05) is 31.1 Å². The van der Waals surface area contributed by atoms with Gasteiger partial charge in [-0.25, -0.2) is 14.8 Å². The summed E-state index contributed by atoms with van der Waals surface area (Å²) in [5.74, 6) is 0.144. The van der Waals surface area contributed by atoms with E-state index >= 15 is 0 Å². The normalized spacial score (nSPS) is 14.6. The van der Waals surface area contributed by atoms with Gasteiger partial charge in [0, 0.05) is 51.0 Å². The lowest BCUT2D eigenvalue weighted by Gasteiger charge is -2.35. The molecule has 1 aromatic carbocycles. The Morgan fingerprint density at radius 2 is 1.86 bits per heavy atom. The van der Waals surface area contributed by atoms with Gasteiger partial charge in [0.25, 0.3) is 5.91 Å². The molecule has 1 saturated heterocycles. The Morgan fingerprint density at radius 3 is 2.54 bits per heavy atom. The zero-order chi connectivity index (χ0) is 24.7. The number of oxazole rings is 1. The molecule has 0 aliphatic carbocycles. The second kappa shape index (κ2) is 8.72. The molecule has 1 aliphatic heterocycles. The fourth-order valence-corrected chi connectivity index (χ4v) is 4.57. The fourth-order valence-electron chi connectivity index (χ4n) is 4.57. The molecular weight excluding hydrogens is 444 g/mol. The first-order chi connectivity index (χ1) is 16.7. The first kappa shape index (κ1) is 22.9. The summed E-state index contributed by atoms with van der Waals surface area (Å²) in [6, 6.07) is 12.2. The number of anilines is 1. The molecule has 1 amide bonds. The van der Waals surface area contributed by atoms with Crippen LogP contribution >= 0.6 is 0 Å². The lowest BCUT2D eigenvalue weighted by atomic mass is 9.97. The number of hydrogen-bond acceptors (Lipinski definition) is 6. The van der Waals surface area contributed by atoms with Crippen molar-refractivity contribution in [1.82, 2.24) is 24.0 Å². The minimum atomic E-state index is -0.127. The highest BCUT2D eigenvalue weighted by molar-refractivity contribution is 5.91. The SMILES string of the molecule is Cn1c(=O)n(CC(C)(C)C)c2ccc(-c3cccc(N4CCN(C(=O)c5cnco5)CC4)c3)nc21. The molecule has 9 heteroatoms. The topological polar surface area (TPSA) is 89.4 Å². The predicted octanol–water partition coefficient (Wildman–Crippen LogP) is 3.40. The van der Waals surface area contributed by atoms with Crippen molar-refractivity contribution in [3.05, 3.63) is 65.2 Å². The minimum absolute atomic E-state index is 0.0193. The fraction of sp³-hybridized carbons (Fsp3) is 0.385. The number of amides is 1. The number of fused-ring (bicyclic) bond motifs is 1. The van der Waals surface area contributed by atoms with Gasteiger partial charge < -0.3 is 14.2 Å². The summed E-state index contributed by atoms with van der Waals surface area (Å²) in [5, 5.41) is 0. The highest BCUT2D eigenvalue weighted by atomic mass is 16.3. The van der Waals surface area contributed by atoms with Crippen LogP contribution in [0, 0.1) is 5.41 Å². The number of hydrogen-bond donors (Lipinski definition) is 0. The molecule has 0 spiro atoms. The molecule has 5 rings (SSSR count). The summed E-state index contributed by atoms with van der Waals surface area (Å²) in [6.45, 7) is 9.65. The van der Waals surface area contributed by atoms with Gasteiger partial charge in [-0.05, 0) is 29.7 Å². The summed E-state index contributed by atoms with van der Waals surface area (Å²) in [7, 11) is 1.77. The molecule has 4 aromatic rings. The van der Waals surface area contributed by atoms with Gasteiger partial charge >= 0.3 is 5.69 Å². The molecule has 3 aromatic heterocycles. The van der Waals surface area contributed by atoms with Crippen molar-refractivity contribution < 1.29 is 9.21 Å². The minimum Gasteiger partial charge on any atom is -0.438 e. The molecule has 0 N–H and O–H groups in total. The quantitative estimate of drug-likeness (QED) is 0.450. The van der Waals surface area contributed by atoms with E-state index in [2.05, 4.69) is 42.8 Å². The average molecular weight is 475 g/mol. The molecule has 35 heavy (non-hydrogen) atoms. The predicted molar refractivity (Wildman–Crippen MR) is 134 cm³/mol. The second-order valence-electron chi connectivity index (χ2n) is 10.2. The molecular formula is C26H30N6O3. The monoisotopic (exact) mass is 474 g/mol. The lowest BCUT2D eigenvalue weighted by molar-refractivity contribution is 0.0714. The van der Waals surface area contributed by atoms with Crippen LogP contribution in [0.4, 0.5) is 5.69 Å². The van der Waals surface area contributed by atoms with E-state index in [0.717, 1.165) is 35.6 Å². The molecule has 0 radical (unpaired) electrons. The molecule has 1 fully saturated rings. The summed E-state index contributed by atoms with van der Waals surface area (Å²) in [5.41, 5.74) is 4.35. The molecule has 1 aliphatic rings. The van der Waals surface area contributed by atoms with Crippen LogP contribution in [0.15, 0.2) is 58.2 Å². The summed E-state index contributed by atoms with van der Waals surface area (Å²) in [4.78, 5) is 38.1. The molecule has 4 heterocycles. The zero-order valence-corrected chi connectivity index (χ0v) is 20.6. The molecule has 0 unspecified atom stereocenters. The zero-order valence-electron chi connectivity index (χ0n) is 20.6. The van der Waals surface area contributed by atoms with Crippen molar-refractivity contribution in [2.45, 2.75) is 27.3 Å². The number of carbonyl (C=O) groups is 1. The van der Waals surface area contributed by atoms with Crippen LogP contribution in [0.2, 0.25) is 0 Å². The third-order valence-electron chi connectivity index (χ3n) is 6.33. The van der Waals surface area contributed by atoms with Crippen LogP contribution in [0.5, 0.6) is 0 Å². The summed E-state index contributed by atoms with van der Waals surface area (Å²) < 4.78 is 8.58. The van der Waals surface area contributed by atoms with Crippen molar-refractivity contribution in [1.29, 1.82) is 0 Å². The first-order valence-corrected chi connectivity index (χ1v) is 11.8. The van der Waals surface area contributed by atoms with Crippen LogP contribution < -0.4 is 10.6 Å². The van der Waals surface area contributed by atoms with Crippen molar-refractivity contribution in [2.24, 2.45) is 12.5 Å². The first-order valence-electron chi connectivity index (χ1n) is 11.8. The van der Waals surface area contributed by atoms with E-state index in [9.17, 15) is 9.59 Å². The Kier molecular flexibility index (Phi) is 5.70. The molecule has 182 valence electrons. The van der Waals surface area contributed by atoms with Crippen LogP contribution in [-0.2, 0) is 13.6 Å². The van der Waals surface area contributed by atoms with Crippen LogP contribution in [0.1, 0.15) is 31.3 Å². The van der Waals surface area contributed by atoms with Crippen molar-refractivity contribution >= 4 is 22.8 Å². The number of nitrogens with zero attached hydrogens (tertiary/aromatic N) is 6.